The Labute approximate surface area is 446 Å². The van der Waals surface area contributed by atoms with Crippen molar-refractivity contribution in [3.63, 3.8) is 0 Å². The van der Waals surface area contributed by atoms with Crippen LogP contribution in [0.2, 0.25) is 0 Å². The molecule has 0 N–H and O–H groups in total. The van der Waals surface area contributed by atoms with Crippen LogP contribution in [0.4, 0.5) is 39.5 Å². The zero-order valence-electron chi connectivity index (χ0n) is 35.9. The third-order valence-corrected chi connectivity index (χ3v) is 6.44. The van der Waals surface area contributed by atoms with E-state index in [9.17, 15) is 64.7 Å². The molecule has 0 spiro atoms. The van der Waals surface area contributed by atoms with Crippen LogP contribution in [0.3, 0.4) is 0 Å². The van der Waals surface area contributed by atoms with Crippen LogP contribution in [-0.4, -0.2) is 93.3 Å². The number of halogens is 9. The van der Waals surface area contributed by atoms with Crippen LogP contribution >= 0.6 is 0 Å². The molecule has 0 unspecified atom stereocenters. The molecule has 3 radical (unpaired) electrons. The zero-order chi connectivity index (χ0) is 51.6. The van der Waals surface area contributed by atoms with Gasteiger partial charge in [-0.2, -0.15) is 39.5 Å². The Kier molecular flexibility index (Phi) is 42.3. The van der Waals surface area contributed by atoms with Crippen molar-refractivity contribution in [2.24, 2.45) is 20.0 Å². The van der Waals surface area contributed by atoms with Gasteiger partial charge in [0, 0.05) is 51.0 Å². The topological polar surface area (TPSA) is 279 Å². The van der Waals surface area contributed by atoms with E-state index in [1.54, 1.807) is 73.4 Å². The van der Waals surface area contributed by atoms with E-state index in [1.165, 1.54) is 38.1 Å². The molecule has 4 aromatic carbocycles. The number of ketones is 1. The SMILES string of the molecule is CC(C)=O.O=C([O-])C(F)(F)F.O=C([O-])C(F)(F)F.O=C([O-])C(F)(F)F.[Cu+2].[Cu+2].[Dy+3].[O-]c1ccccc1C=NCCCN=Cc1ccccc1[O-].[O-]c1ccccc1C=NCCCN=Cc1ccccc1[O-]. The third kappa shape index (κ3) is 40.4. The molecule has 0 heterocycles. The summed E-state index contributed by atoms with van der Waals surface area (Å²) in [5, 5.41) is 72.1. The number of carboxylic acids is 3. The van der Waals surface area contributed by atoms with E-state index in [2.05, 4.69) is 20.0 Å². The number of alkyl halides is 9. The van der Waals surface area contributed by atoms with E-state index in [0.29, 0.717) is 48.4 Å². The largest absolute Gasteiger partial charge is 3.00 e. The summed E-state index contributed by atoms with van der Waals surface area (Å²) < 4.78 is 94.6. The van der Waals surface area contributed by atoms with Gasteiger partial charge in [0.25, 0.3) is 0 Å². The Morgan fingerprint density at radius 2 is 0.557 bits per heavy atom. The van der Waals surface area contributed by atoms with Crippen molar-refractivity contribution in [2.75, 3.05) is 26.2 Å². The van der Waals surface area contributed by atoms with E-state index in [0.717, 1.165) is 12.8 Å². The molecule has 70 heavy (non-hydrogen) atoms. The molecule has 4 aromatic rings. The minimum atomic E-state index is -5.19. The van der Waals surface area contributed by atoms with Crippen molar-refractivity contribution in [3.05, 3.63) is 119 Å². The van der Waals surface area contributed by atoms with Crippen molar-refractivity contribution in [1.82, 2.24) is 0 Å². The first kappa shape index (κ1) is 73.5. The number of carbonyl (C=O) groups excluding carboxylic acids is 4. The summed E-state index contributed by atoms with van der Waals surface area (Å²) in [6, 6.07) is 27.2. The molecular weight excluding hydrogens is 1210 g/mol. The van der Waals surface area contributed by atoms with Gasteiger partial charge in [-0.15, -0.1) is 23.0 Å². The molecule has 0 atom stereocenters. The molecule has 0 aromatic heterocycles. The van der Waals surface area contributed by atoms with Crippen molar-refractivity contribution < 1.29 is 167 Å². The monoisotopic (exact) mass is 1250 g/mol. The second-order valence-electron chi connectivity index (χ2n) is 12.3. The minimum absolute atomic E-state index is 0. The first-order valence-electron chi connectivity index (χ1n) is 18.5. The van der Waals surface area contributed by atoms with Gasteiger partial charge in [-0.3, -0.25) is 20.0 Å². The molecule has 391 valence electrons. The van der Waals surface area contributed by atoms with Gasteiger partial charge in [-0.25, -0.2) is 0 Å². The molecule has 0 saturated carbocycles. The molecule has 0 fully saturated rings. The van der Waals surface area contributed by atoms with Gasteiger partial charge in [0.1, 0.15) is 23.7 Å². The minimum Gasteiger partial charge on any atom is -0.872 e. The Bertz CT molecular complexity index is 1960. The van der Waals surface area contributed by atoms with Crippen molar-refractivity contribution in [1.29, 1.82) is 0 Å². The van der Waals surface area contributed by atoms with E-state index >= 15 is 0 Å². The number of hydrogen-bond donors (Lipinski definition) is 0. The van der Waals surface area contributed by atoms with E-state index in [1.807, 2.05) is 24.3 Å². The van der Waals surface area contributed by atoms with Gasteiger partial charge in [0.15, 0.2) is 0 Å². The van der Waals surface area contributed by atoms with Crippen molar-refractivity contribution >= 4 is 48.5 Å². The normalized spacial score (nSPS) is 10.6. The van der Waals surface area contributed by atoms with Crippen LogP contribution in [0.25, 0.3) is 0 Å². The number of benzene rings is 4. The number of para-hydroxylation sites is 4. The predicted octanol–water partition coefficient (Wildman–Crippen LogP) is 2.01. The second kappa shape index (κ2) is 40.3. The molecule has 15 nitrogen and oxygen atoms in total. The summed E-state index contributed by atoms with van der Waals surface area (Å²) in [5.41, 5.74) is 2.39. The fourth-order valence-corrected chi connectivity index (χ4v) is 3.51. The number of carboxylic acid groups (broad SMARTS) is 3. The zero-order valence-corrected chi connectivity index (χ0v) is 39.8. The average molecular weight is 1250 g/mol. The number of nitrogens with zero attached hydrogens (tertiary/aromatic N) is 4. The van der Waals surface area contributed by atoms with Gasteiger partial charge in [0.2, 0.25) is 0 Å². The molecular formula is C43H38Cu2DyF9N4O11. The van der Waals surface area contributed by atoms with Gasteiger partial charge in [0.05, 0.1) is 0 Å². The Balaban J connectivity index is -0.000000266. The number of rotatable bonds is 12. The van der Waals surface area contributed by atoms with Crippen LogP contribution in [0.5, 0.6) is 23.0 Å². The van der Waals surface area contributed by atoms with E-state index in [-0.39, 0.29) is 101 Å². The van der Waals surface area contributed by atoms with Gasteiger partial charge in [-0.05, 0) is 48.9 Å². The number of carbonyl (C=O) groups is 4. The Morgan fingerprint density at radius 3 is 0.686 bits per heavy atom. The van der Waals surface area contributed by atoms with Crippen LogP contribution < -0.4 is 35.7 Å². The summed E-state index contributed by atoms with van der Waals surface area (Å²) in [4.78, 5) is 52.6. The third-order valence-electron chi connectivity index (χ3n) is 6.44. The fraction of sp³-hybridized carbons (Fsp3) is 0.256. The maximum absolute atomic E-state index is 11.4. The summed E-state index contributed by atoms with van der Waals surface area (Å²) in [6.45, 7) is 5.46. The standard InChI is InChI=1S/2C17H18N2O2.C3H6O.3C2HF3O2.2Cu.Dy/c2*20-16-8-3-1-6-14(16)12-18-10-5-11-19-13-15-7-2-4-9-17(15)21;1-3(2)4;3*3-2(4,5)1(6)7;;;/h2*1-4,6-9,12-13,20-21H,5,10-11H2;1-2H3;3*(H,6,7);;;/q;;;;;;2*+2;+3/p-7. The summed E-state index contributed by atoms with van der Waals surface area (Å²) in [5.74, 6) is -8.94. The molecule has 0 aliphatic rings. The maximum Gasteiger partial charge on any atom is 3.00 e. The molecule has 27 heteroatoms. The van der Waals surface area contributed by atoms with Crippen molar-refractivity contribution in [3.8, 4) is 23.0 Å². The first-order chi connectivity index (χ1) is 31.1. The number of aliphatic carboxylic acids is 3. The first-order valence-corrected chi connectivity index (χ1v) is 18.5. The average Bonchev–Trinajstić information content (AvgIpc) is 3.22. The van der Waals surface area contributed by atoms with E-state index in [4.69, 9.17) is 29.7 Å². The predicted molar refractivity (Wildman–Crippen MR) is 212 cm³/mol. The summed E-state index contributed by atoms with van der Waals surface area (Å²) in [6.07, 6.45) is -7.65. The molecule has 4 rings (SSSR count). The van der Waals surface area contributed by atoms with Crippen LogP contribution in [0, 0.1) is 38.2 Å². The Hall–Kier alpha value is -5.48. The molecule has 0 amide bonds. The number of hydrogen-bond acceptors (Lipinski definition) is 15. The second-order valence-corrected chi connectivity index (χ2v) is 12.3. The van der Waals surface area contributed by atoms with Gasteiger partial charge < -0.3 is 54.9 Å². The number of Topliss-reactive ketones (excluding diaryl/α,β-unsaturated/α-hetero) is 1. The van der Waals surface area contributed by atoms with Gasteiger partial charge in [-0.1, -0.05) is 97.1 Å². The van der Waals surface area contributed by atoms with E-state index < -0.39 is 36.4 Å². The van der Waals surface area contributed by atoms with Gasteiger partial charge >= 0.3 is 90.8 Å². The Morgan fingerprint density at radius 1 is 0.414 bits per heavy atom. The summed E-state index contributed by atoms with van der Waals surface area (Å²) >= 11 is 0. The summed E-state index contributed by atoms with van der Waals surface area (Å²) in [7, 11) is 0. The molecule has 0 aliphatic heterocycles. The smallest absolute Gasteiger partial charge is 0.872 e. The quantitative estimate of drug-likeness (QED) is 0.0856. The van der Waals surface area contributed by atoms with Crippen molar-refractivity contribution in [2.45, 2.75) is 45.2 Å². The molecule has 0 aliphatic carbocycles. The molecule has 0 bridgehead atoms. The van der Waals surface area contributed by atoms with Crippen LogP contribution in [0.1, 0.15) is 48.9 Å². The maximum atomic E-state index is 11.4. The van der Waals surface area contributed by atoms with Crippen LogP contribution in [-0.2, 0) is 53.3 Å². The fourth-order valence-electron chi connectivity index (χ4n) is 3.51. The van der Waals surface area contributed by atoms with Crippen LogP contribution in [0.15, 0.2) is 117 Å². The number of aliphatic imine (C=N–C) groups is 4. The molecule has 0 saturated heterocycles.